The number of carbonyl (C=O) groups excluding carboxylic acids is 2. The lowest BCUT2D eigenvalue weighted by molar-refractivity contribution is -0.140. The van der Waals surface area contributed by atoms with E-state index in [1.165, 1.54) is 14.0 Å². The number of methoxy groups -OCH3 is 1. The normalized spacial score (nSPS) is 10.1. The van der Waals surface area contributed by atoms with E-state index in [1.807, 2.05) is 7.05 Å². The Morgan fingerprint density at radius 2 is 2.00 bits per heavy atom. The minimum absolute atomic E-state index is 0.0158. The van der Waals surface area contributed by atoms with Crippen LogP contribution in [0.1, 0.15) is 19.8 Å². The number of likely N-dealkylation sites (N-methyl/N-ethyl adjacent to an activating group) is 1. The number of amides is 1. The summed E-state index contributed by atoms with van der Waals surface area (Å²) in [5.41, 5.74) is 0. The van der Waals surface area contributed by atoms with Gasteiger partial charge in [-0.3, -0.25) is 9.59 Å². The number of carbonyl (C=O) groups is 2. The summed E-state index contributed by atoms with van der Waals surface area (Å²) in [6.07, 6.45) is 1.23. The molecule has 0 aliphatic carbocycles. The van der Waals surface area contributed by atoms with Gasteiger partial charge in [-0.2, -0.15) is 0 Å². The van der Waals surface area contributed by atoms with Gasteiger partial charge in [0.1, 0.15) is 0 Å². The van der Waals surface area contributed by atoms with Crippen molar-refractivity contribution in [2.75, 3.05) is 33.8 Å². The van der Waals surface area contributed by atoms with Gasteiger partial charge in [-0.15, -0.1) is 0 Å². The van der Waals surface area contributed by atoms with Crippen molar-refractivity contribution in [2.24, 2.45) is 0 Å². The number of hydrogen-bond acceptors (Lipinski definition) is 4. The monoisotopic (exact) mass is 216 g/mol. The highest BCUT2D eigenvalue weighted by molar-refractivity contribution is 5.72. The average molecular weight is 216 g/mol. The third-order valence-electron chi connectivity index (χ3n) is 2.02. The average Bonchev–Trinajstić information content (AvgIpc) is 2.17. The van der Waals surface area contributed by atoms with E-state index < -0.39 is 0 Å². The highest BCUT2D eigenvalue weighted by atomic mass is 16.5. The predicted octanol–water partition coefficient (Wildman–Crippen LogP) is 0.00750. The van der Waals surface area contributed by atoms with Crippen molar-refractivity contribution in [2.45, 2.75) is 19.8 Å². The second-order valence-electron chi connectivity index (χ2n) is 3.47. The topological polar surface area (TPSA) is 58.6 Å². The number of nitrogens with one attached hydrogen (secondary N) is 1. The zero-order chi connectivity index (χ0) is 11.7. The lowest BCUT2D eigenvalue weighted by Crippen LogP contribution is -2.32. The summed E-state index contributed by atoms with van der Waals surface area (Å²) >= 11 is 0. The molecule has 88 valence electrons. The molecule has 1 N–H and O–H groups in total. The molecule has 15 heavy (non-hydrogen) atoms. The molecule has 0 radical (unpaired) electrons. The van der Waals surface area contributed by atoms with Gasteiger partial charge in [0, 0.05) is 26.4 Å². The molecule has 0 rings (SSSR count). The first kappa shape index (κ1) is 13.9. The fourth-order valence-electron chi connectivity index (χ4n) is 1.13. The van der Waals surface area contributed by atoms with Crippen LogP contribution in [0, 0.1) is 0 Å². The molecule has 0 atom stereocenters. The molecule has 0 aromatic rings. The quantitative estimate of drug-likeness (QED) is 0.609. The van der Waals surface area contributed by atoms with E-state index in [2.05, 4.69) is 15.0 Å². The van der Waals surface area contributed by atoms with Crippen LogP contribution in [0.15, 0.2) is 0 Å². The van der Waals surface area contributed by atoms with Gasteiger partial charge in [0.05, 0.1) is 7.11 Å². The highest BCUT2D eigenvalue weighted by Gasteiger charge is 2.02. The first-order chi connectivity index (χ1) is 7.06. The molecule has 0 saturated heterocycles. The standard InChI is InChI=1S/C10H20N2O3/c1-9(13)11-6-8-12(2)7-4-5-10(14)15-3/h4-8H2,1-3H3,(H,11,13). The lowest BCUT2D eigenvalue weighted by atomic mass is 10.3. The van der Waals surface area contributed by atoms with Crippen molar-refractivity contribution >= 4 is 11.9 Å². The minimum atomic E-state index is -0.176. The van der Waals surface area contributed by atoms with Gasteiger partial charge in [-0.1, -0.05) is 0 Å². The van der Waals surface area contributed by atoms with Gasteiger partial charge in [0.15, 0.2) is 0 Å². The Hall–Kier alpha value is -1.10. The predicted molar refractivity (Wildman–Crippen MR) is 57.4 cm³/mol. The maximum absolute atomic E-state index is 10.8. The maximum Gasteiger partial charge on any atom is 0.305 e. The summed E-state index contributed by atoms with van der Waals surface area (Å²) in [6, 6.07) is 0. The zero-order valence-electron chi connectivity index (χ0n) is 9.71. The van der Waals surface area contributed by atoms with Crippen molar-refractivity contribution < 1.29 is 14.3 Å². The van der Waals surface area contributed by atoms with Crippen LogP contribution in [-0.2, 0) is 14.3 Å². The van der Waals surface area contributed by atoms with Crippen molar-refractivity contribution in [1.29, 1.82) is 0 Å². The van der Waals surface area contributed by atoms with Crippen molar-refractivity contribution in [1.82, 2.24) is 10.2 Å². The van der Waals surface area contributed by atoms with Gasteiger partial charge in [0.2, 0.25) is 5.91 Å². The van der Waals surface area contributed by atoms with Crippen LogP contribution in [0.4, 0.5) is 0 Å². The summed E-state index contributed by atoms with van der Waals surface area (Å²) in [5, 5.41) is 2.71. The maximum atomic E-state index is 10.8. The SMILES string of the molecule is COC(=O)CCCN(C)CCNC(C)=O. The molecule has 0 heterocycles. The number of ether oxygens (including phenoxy) is 1. The Morgan fingerprint density at radius 1 is 1.33 bits per heavy atom. The van der Waals surface area contributed by atoms with Gasteiger partial charge >= 0.3 is 5.97 Å². The highest BCUT2D eigenvalue weighted by Crippen LogP contribution is 1.94. The van der Waals surface area contributed by atoms with Crippen molar-refractivity contribution in [3.8, 4) is 0 Å². The van der Waals surface area contributed by atoms with E-state index in [1.54, 1.807) is 0 Å². The Labute approximate surface area is 90.8 Å². The summed E-state index contributed by atoms with van der Waals surface area (Å²) in [4.78, 5) is 23.4. The van der Waals surface area contributed by atoms with Gasteiger partial charge < -0.3 is 15.0 Å². The third kappa shape index (κ3) is 9.21. The first-order valence-electron chi connectivity index (χ1n) is 5.06. The molecule has 0 spiro atoms. The Kier molecular flexibility index (Phi) is 7.62. The largest absolute Gasteiger partial charge is 0.469 e. The molecule has 1 amide bonds. The molecule has 0 fully saturated rings. The van der Waals surface area contributed by atoms with Crippen LogP contribution >= 0.6 is 0 Å². The fraction of sp³-hybridized carbons (Fsp3) is 0.800. The molecule has 5 heteroatoms. The first-order valence-corrected chi connectivity index (χ1v) is 5.06. The molecule has 0 aromatic carbocycles. The van der Waals surface area contributed by atoms with E-state index in [-0.39, 0.29) is 11.9 Å². The number of esters is 1. The summed E-state index contributed by atoms with van der Waals surface area (Å²) < 4.78 is 4.53. The van der Waals surface area contributed by atoms with Gasteiger partial charge in [-0.25, -0.2) is 0 Å². The molecule has 0 aliphatic heterocycles. The third-order valence-corrected chi connectivity index (χ3v) is 2.02. The molecule has 0 saturated carbocycles. The van der Waals surface area contributed by atoms with Crippen LogP contribution in [0.3, 0.4) is 0 Å². The van der Waals surface area contributed by atoms with Crippen molar-refractivity contribution in [3.05, 3.63) is 0 Å². The summed E-state index contributed by atoms with van der Waals surface area (Å²) in [7, 11) is 3.35. The number of hydrogen-bond donors (Lipinski definition) is 1. The molecule has 5 nitrogen and oxygen atoms in total. The van der Waals surface area contributed by atoms with E-state index in [4.69, 9.17) is 0 Å². The Balaban J connectivity index is 3.37. The van der Waals surface area contributed by atoms with E-state index in [9.17, 15) is 9.59 Å². The van der Waals surface area contributed by atoms with Crippen molar-refractivity contribution in [3.63, 3.8) is 0 Å². The van der Waals surface area contributed by atoms with Crippen LogP contribution < -0.4 is 5.32 Å². The molecular formula is C10H20N2O3. The second kappa shape index (κ2) is 8.23. The number of nitrogens with zero attached hydrogens (tertiary/aromatic N) is 1. The fourth-order valence-corrected chi connectivity index (χ4v) is 1.13. The molecule has 0 unspecified atom stereocenters. The Bertz CT molecular complexity index is 207. The van der Waals surface area contributed by atoms with E-state index >= 15 is 0 Å². The summed E-state index contributed by atoms with van der Waals surface area (Å²) in [5.74, 6) is -0.191. The Morgan fingerprint density at radius 3 is 2.53 bits per heavy atom. The van der Waals surface area contributed by atoms with Gasteiger partial charge in [-0.05, 0) is 20.0 Å². The molecule has 0 bridgehead atoms. The van der Waals surface area contributed by atoms with Crippen LogP contribution in [0.25, 0.3) is 0 Å². The van der Waals surface area contributed by atoms with E-state index in [0.29, 0.717) is 13.0 Å². The van der Waals surface area contributed by atoms with Crippen LogP contribution in [-0.4, -0.2) is 50.6 Å². The second-order valence-corrected chi connectivity index (χ2v) is 3.47. The molecule has 0 aliphatic rings. The van der Waals surface area contributed by atoms with Crippen LogP contribution in [0.5, 0.6) is 0 Å². The lowest BCUT2D eigenvalue weighted by Gasteiger charge is -2.15. The van der Waals surface area contributed by atoms with Gasteiger partial charge in [0.25, 0.3) is 0 Å². The molecule has 0 aromatic heterocycles. The summed E-state index contributed by atoms with van der Waals surface area (Å²) in [6.45, 7) is 3.76. The molecular weight excluding hydrogens is 196 g/mol. The van der Waals surface area contributed by atoms with Crippen LogP contribution in [0.2, 0.25) is 0 Å². The number of rotatable bonds is 7. The smallest absolute Gasteiger partial charge is 0.305 e. The van der Waals surface area contributed by atoms with E-state index in [0.717, 1.165) is 19.5 Å². The zero-order valence-corrected chi connectivity index (χ0v) is 9.71. The minimum Gasteiger partial charge on any atom is -0.469 e.